The number of aliphatic imine (C=N–C) groups is 1. The van der Waals surface area contributed by atoms with Crippen molar-refractivity contribution in [1.29, 1.82) is 0 Å². The second-order valence-electron chi connectivity index (χ2n) is 5.21. The average molecular weight is 302 g/mol. The van der Waals surface area contributed by atoms with Gasteiger partial charge in [0.05, 0.1) is 11.6 Å². The average Bonchev–Trinajstić information content (AvgIpc) is 2.79. The van der Waals surface area contributed by atoms with Crippen LogP contribution in [-0.2, 0) is 6.18 Å². The van der Waals surface area contributed by atoms with E-state index in [9.17, 15) is 13.2 Å². The van der Waals surface area contributed by atoms with Crippen molar-refractivity contribution in [1.82, 2.24) is 0 Å². The highest BCUT2D eigenvalue weighted by molar-refractivity contribution is 8.14. The lowest BCUT2D eigenvalue weighted by molar-refractivity contribution is -0.137. The minimum Gasteiger partial charge on any atom is -0.335 e. The number of nitrogens with one attached hydrogen (secondary N) is 1. The van der Waals surface area contributed by atoms with Gasteiger partial charge in [-0.2, -0.15) is 13.2 Å². The van der Waals surface area contributed by atoms with Gasteiger partial charge in [-0.3, -0.25) is 4.99 Å². The summed E-state index contributed by atoms with van der Waals surface area (Å²) in [5.74, 6) is 1.31. The van der Waals surface area contributed by atoms with Crippen LogP contribution in [0.4, 0.5) is 18.9 Å². The molecule has 6 heteroatoms. The van der Waals surface area contributed by atoms with Crippen LogP contribution in [0.2, 0.25) is 0 Å². The molecule has 2 rings (SSSR count). The maximum absolute atomic E-state index is 12.7. The van der Waals surface area contributed by atoms with Crippen LogP contribution in [0, 0.1) is 12.8 Å². The van der Waals surface area contributed by atoms with Crippen LogP contribution >= 0.6 is 11.8 Å². The molecule has 1 aliphatic rings. The molecular formula is C14H17F3N2S. The fraction of sp³-hybridized carbons (Fsp3) is 0.500. The largest absolute Gasteiger partial charge is 0.416 e. The molecule has 1 aromatic carbocycles. The fourth-order valence-electron chi connectivity index (χ4n) is 1.85. The van der Waals surface area contributed by atoms with Crippen LogP contribution in [-0.4, -0.2) is 17.0 Å². The quantitative estimate of drug-likeness (QED) is 0.866. The lowest BCUT2D eigenvalue weighted by Crippen LogP contribution is -2.12. The van der Waals surface area contributed by atoms with Crippen molar-refractivity contribution in [2.75, 3.05) is 11.1 Å². The highest BCUT2D eigenvalue weighted by atomic mass is 32.2. The van der Waals surface area contributed by atoms with Crippen LogP contribution in [0.5, 0.6) is 0 Å². The SMILES string of the molecule is Cc1ccc(C(F)(F)F)cc1NC1=N[C@@H](C(C)C)CS1. The topological polar surface area (TPSA) is 24.4 Å². The Balaban J connectivity index is 2.20. The summed E-state index contributed by atoms with van der Waals surface area (Å²) in [4.78, 5) is 4.50. The molecule has 0 spiro atoms. The van der Waals surface area contributed by atoms with E-state index in [1.54, 1.807) is 18.7 Å². The summed E-state index contributed by atoms with van der Waals surface area (Å²) in [6.45, 7) is 5.96. The normalized spacial score (nSPS) is 19.4. The Morgan fingerprint density at radius 3 is 2.60 bits per heavy atom. The predicted octanol–water partition coefficient (Wildman–Crippen LogP) is 4.55. The first-order valence-corrected chi connectivity index (χ1v) is 7.41. The Morgan fingerprint density at radius 1 is 1.35 bits per heavy atom. The first-order chi connectivity index (χ1) is 9.27. The van der Waals surface area contributed by atoms with Gasteiger partial charge in [-0.05, 0) is 30.5 Å². The molecule has 1 aromatic rings. The Morgan fingerprint density at radius 2 is 2.05 bits per heavy atom. The van der Waals surface area contributed by atoms with Gasteiger partial charge in [0.2, 0.25) is 0 Å². The second kappa shape index (κ2) is 5.68. The molecule has 1 heterocycles. The minimum atomic E-state index is -4.32. The van der Waals surface area contributed by atoms with E-state index in [0.29, 0.717) is 16.8 Å². The molecule has 0 fully saturated rings. The van der Waals surface area contributed by atoms with E-state index in [-0.39, 0.29) is 6.04 Å². The fourth-order valence-corrected chi connectivity index (χ4v) is 3.03. The van der Waals surface area contributed by atoms with Gasteiger partial charge in [-0.1, -0.05) is 31.7 Å². The third-order valence-electron chi connectivity index (χ3n) is 3.25. The minimum absolute atomic E-state index is 0.230. The van der Waals surface area contributed by atoms with Crippen molar-refractivity contribution in [3.8, 4) is 0 Å². The van der Waals surface area contributed by atoms with Crippen LogP contribution in [0.3, 0.4) is 0 Å². The van der Waals surface area contributed by atoms with E-state index < -0.39 is 11.7 Å². The van der Waals surface area contributed by atoms with Crippen LogP contribution in [0.1, 0.15) is 25.0 Å². The van der Waals surface area contributed by atoms with E-state index in [0.717, 1.165) is 23.4 Å². The van der Waals surface area contributed by atoms with Crippen molar-refractivity contribution in [2.24, 2.45) is 10.9 Å². The summed E-state index contributed by atoms with van der Waals surface area (Å²) in [6.07, 6.45) is -4.32. The third-order valence-corrected chi connectivity index (χ3v) is 4.24. The molecule has 0 saturated heterocycles. The molecule has 0 bridgehead atoms. The zero-order chi connectivity index (χ0) is 14.9. The van der Waals surface area contributed by atoms with Gasteiger partial charge in [0.15, 0.2) is 5.17 Å². The highest BCUT2D eigenvalue weighted by Crippen LogP contribution is 2.33. The third kappa shape index (κ3) is 3.48. The van der Waals surface area contributed by atoms with Crippen molar-refractivity contribution in [3.63, 3.8) is 0 Å². The van der Waals surface area contributed by atoms with Crippen molar-refractivity contribution >= 4 is 22.6 Å². The van der Waals surface area contributed by atoms with Gasteiger partial charge in [-0.15, -0.1) is 0 Å². The molecule has 0 aromatic heterocycles. The number of aryl methyl sites for hydroxylation is 1. The zero-order valence-electron chi connectivity index (χ0n) is 11.6. The van der Waals surface area contributed by atoms with Crippen LogP contribution < -0.4 is 5.32 Å². The van der Waals surface area contributed by atoms with Gasteiger partial charge in [0.1, 0.15) is 0 Å². The number of rotatable bonds is 2. The van der Waals surface area contributed by atoms with E-state index in [2.05, 4.69) is 24.2 Å². The summed E-state index contributed by atoms with van der Waals surface area (Å²) < 4.78 is 38.2. The molecule has 0 aliphatic carbocycles. The Labute approximate surface area is 120 Å². The van der Waals surface area contributed by atoms with Crippen molar-refractivity contribution < 1.29 is 13.2 Å². The Kier molecular flexibility index (Phi) is 4.32. The molecule has 0 saturated carbocycles. The summed E-state index contributed by atoms with van der Waals surface area (Å²) in [5, 5.41) is 3.72. The lowest BCUT2D eigenvalue weighted by Gasteiger charge is -2.13. The first kappa shape index (κ1) is 15.2. The number of benzene rings is 1. The molecule has 1 atom stereocenters. The summed E-state index contributed by atoms with van der Waals surface area (Å²) >= 11 is 1.55. The summed E-state index contributed by atoms with van der Waals surface area (Å²) in [6, 6.07) is 3.95. The molecule has 1 aliphatic heterocycles. The standard InChI is InChI=1S/C14H17F3N2S/c1-8(2)12-7-20-13(19-12)18-11-6-10(14(15,16)17)5-4-9(11)3/h4-6,8,12H,7H2,1-3H3,(H,18,19)/t12-/m1/s1. The van der Waals surface area contributed by atoms with E-state index >= 15 is 0 Å². The van der Waals surface area contributed by atoms with Gasteiger partial charge in [0.25, 0.3) is 0 Å². The summed E-state index contributed by atoms with van der Waals surface area (Å²) in [7, 11) is 0. The molecule has 110 valence electrons. The van der Waals surface area contributed by atoms with Crippen molar-refractivity contribution in [3.05, 3.63) is 29.3 Å². The predicted molar refractivity (Wildman–Crippen MR) is 78.3 cm³/mol. The molecular weight excluding hydrogens is 285 g/mol. The maximum Gasteiger partial charge on any atom is 0.416 e. The summed E-state index contributed by atoms with van der Waals surface area (Å²) in [5.41, 5.74) is 0.597. The van der Waals surface area contributed by atoms with Crippen molar-refractivity contribution in [2.45, 2.75) is 33.0 Å². The molecule has 1 N–H and O–H groups in total. The smallest absolute Gasteiger partial charge is 0.335 e. The number of thioether (sulfide) groups is 1. The number of anilines is 1. The lowest BCUT2D eigenvalue weighted by atomic mass is 10.1. The van der Waals surface area contributed by atoms with Gasteiger partial charge in [0, 0.05) is 11.4 Å². The molecule has 0 radical (unpaired) electrons. The Bertz CT molecular complexity index is 524. The zero-order valence-corrected chi connectivity index (χ0v) is 12.4. The van der Waals surface area contributed by atoms with Gasteiger partial charge >= 0.3 is 6.18 Å². The van der Waals surface area contributed by atoms with Crippen LogP contribution in [0.15, 0.2) is 23.2 Å². The van der Waals surface area contributed by atoms with E-state index in [4.69, 9.17) is 0 Å². The highest BCUT2D eigenvalue weighted by Gasteiger charge is 2.31. The number of nitrogens with zero attached hydrogens (tertiary/aromatic N) is 1. The molecule has 20 heavy (non-hydrogen) atoms. The maximum atomic E-state index is 12.7. The van der Waals surface area contributed by atoms with Gasteiger partial charge < -0.3 is 5.32 Å². The number of amidine groups is 1. The van der Waals surface area contributed by atoms with Gasteiger partial charge in [-0.25, -0.2) is 0 Å². The molecule has 0 unspecified atom stereocenters. The first-order valence-electron chi connectivity index (χ1n) is 6.43. The Hall–Kier alpha value is -1.17. The second-order valence-corrected chi connectivity index (χ2v) is 6.22. The van der Waals surface area contributed by atoms with E-state index in [1.165, 1.54) is 6.07 Å². The van der Waals surface area contributed by atoms with E-state index in [1.807, 2.05) is 0 Å². The number of alkyl halides is 3. The monoisotopic (exact) mass is 302 g/mol. The molecule has 2 nitrogen and oxygen atoms in total. The molecule has 0 amide bonds. The van der Waals surface area contributed by atoms with Crippen LogP contribution in [0.25, 0.3) is 0 Å². The number of hydrogen-bond donors (Lipinski definition) is 1. The number of halogens is 3. The number of hydrogen-bond acceptors (Lipinski definition) is 3.